The maximum absolute atomic E-state index is 13.1. The lowest BCUT2D eigenvalue weighted by atomic mass is 10.0. The number of aromatic amines is 1. The van der Waals surface area contributed by atoms with E-state index in [0.717, 1.165) is 42.2 Å². The minimum Gasteiger partial charge on any atom is -0.497 e. The van der Waals surface area contributed by atoms with E-state index in [4.69, 9.17) is 4.74 Å². The molecule has 8 nitrogen and oxygen atoms in total. The summed E-state index contributed by atoms with van der Waals surface area (Å²) in [5.74, 6) is 0.796. The molecule has 30 heavy (non-hydrogen) atoms. The highest BCUT2D eigenvalue weighted by molar-refractivity contribution is 5.94. The average Bonchev–Trinajstić information content (AvgIpc) is 3.22. The fourth-order valence-corrected chi connectivity index (χ4v) is 4.13. The van der Waals surface area contributed by atoms with Crippen LogP contribution >= 0.6 is 0 Å². The molecule has 0 aliphatic carbocycles. The van der Waals surface area contributed by atoms with Gasteiger partial charge in [0.1, 0.15) is 5.75 Å². The fourth-order valence-electron chi connectivity index (χ4n) is 4.13. The molecule has 1 saturated heterocycles. The number of carbonyl (C=O) groups is 2. The van der Waals surface area contributed by atoms with Crippen molar-refractivity contribution < 1.29 is 14.3 Å². The van der Waals surface area contributed by atoms with Crippen LogP contribution in [-0.4, -0.2) is 83.1 Å². The van der Waals surface area contributed by atoms with E-state index in [0.29, 0.717) is 44.7 Å². The summed E-state index contributed by atoms with van der Waals surface area (Å²) < 4.78 is 5.17. The third kappa shape index (κ3) is 4.18. The van der Waals surface area contributed by atoms with Crippen molar-refractivity contribution in [2.45, 2.75) is 26.3 Å². The first-order chi connectivity index (χ1) is 14.6. The Morgan fingerprint density at radius 3 is 2.47 bits per heavy atom. The van der Waals surface area contributed by atoms with E-state index >= 15 is 0 Å². The minimum absolute atomic E-state index is 0.0345. The number of amides is 2. The van der Waals surface area contributed by atoms with E-state index in [1.165, 1.54) is 0 Å². The van der Waals surface area contributed by atoms with Crippen molar-refractivity contribution in [1.29, 1.82) is 0 Å². The van der Waals surface area contributed by atoms with Crippen LogP contribution in [0.25, 0.3) is 0 Å². The van der Waals surface area contributed by atoms with Crippen molar-refractivity contribution in [2.75, 3.05) is 46.4 Å². The molecule has 2 aliphatic rings. The van der Waals surface area contributed by atoms with Crippen LogP contribution < -0.4 is 4.74 Å². The molecular weight excluding hydrogens is 382 g/mol. The summed E-state index contributed by atoms with van der Waals surface area (Å²) in [6, 6.07) is 7.55. The lowest BCUT2D eigenvalue weighted by Crippen LogP contribution is -2.48. The second kappa shape index (κ2) is 8.87. The highest BCUT2D eigenvalue weighted by Crippen LogP contribution is 2.23. The molecule has 1 aromatic carbocycles. The number of carbonyl (C=O) groups excluding carboxylic acids is 2. The van der Waals surface area contributed by atoms with Crippen molar-refractivity contribution in [3.8, 4) is 5.75 Å². The Kier molecular flexibility index (Phi) is 6.03. The molecule has 1 N–H and O–H groups in total. The van der Waals surface area contributed by atoms with Crippen LogP contribution in [0.2, 0.25) is 0 Å². The number of fused-ring (bicyclic) bond motifs is 1. The number of aromatic nitrogens is 2. The zero-order valence-corrected chi connectivity index (χ0v) is 17.7. The highest BCUT2D eigenvalue weighted by atomic mass is 16.5. The summed E-state index contributed by atoms with van der Waals surface area (Å²) in [6.45, 7) is 7.42. The number of piperazine rings is 1. The Hall–Kier alpha value is -2.87. The second-order valence-corrected chi connectivity index (χ2v) is 7.85. The maximum atomic E-state index is 13.1. The standard InChI is InChI=1S/C22H29N5O3/c1-3-25-10-12-26(13-11-25)22(29)21-18-15-27(9-8-19(18)23-24-21)20(28)14-16-4-6-17(30-2)7-5-16/h4-7H,3,8-15H2,1-2H3,(H,23,24). The number of nitrogens with one attached hydrogen (secondary N) is 1. The number of rotatable bonds is 5. The van der Waals surface area contributed by atoms with Crippen LogP contribution in [0.4, 0.5) is 0 Å². The molecule has 0 unspecified atom stereocenters. The molecule has 0 radical (unpaired) electrons. The van der Waals surface area contributed by atoms with Gasteiger partial charge in [0.15, 0.2) is 5.69 Å². The van der Waals surface area contributed by atoms with E-state index in [2.05, 4.69) is 22.0 Å². The summed E-state index contributed by atoms with van der Waals surface area (Å²) in [6.07, 6.45) is 1.02. The molecule has 1 aromatic heterocycles. The molecule has 8 heteroatoms. The van der Waals surface area contributed by atoms with Crippen molar-refractivity contribution in [3.63, 3.8) is 0 Å². The van der Waals surface area contributed by atoms with Gasteiger partial charge in [-0.1, -0.05) is 19.1 Å². The first kappa shape index (κ1) is 20.4. The smallest absolute Gasteiger partial charge is 0.274 e. The van der Waals surface area contributed by atoms with Gasteiger partial charge in [0, 0.05) is 56.9 Å². The molecule has 160 valence electrons. The first-order valence-corrected chi connectivity index (χ1v) is 10.6. The lowest BCUT2D eigenvalue weighted by molar-refractivity contribution is -0.131. The van der Waals surface area contributed by atoms with Crippen molar-refractivity contribution in [3.05, 3.63) is 46.8 Å². The molecule has 4 rings (SSSR count). The molecule has 0 atom stereocenters. The van der Waals surface area contributed by atoms with Gasteiger partial charge in [-0.3, -0.25) is 14.7 Å². The SMILES string of the molecule is CCN1CCN(C(=O)c2n[nH]c3c2CN(C(=O)Cc2ccc(OC)cc2)CC3)CC1. The number of benzene rings is 1. The van der Waals surface area contributed by atoms with Gasteiger partial charge in [0.05, 0.1) is 13.5 Å². The van der Waals surface area contributed by atoms with Gasteiger partial charge in [0.2, 0.25) is 5.91 Å². The summed E-state index contributed by atoms with van der Waals surface area (Å²) in [7, 11) is 1.62. The maximum Gasteiger partial charge on any atom is 0.274 e. The normalized spacial score (nSPS) is 17.0. The monoisotopic (exact) mass is 411 g/mol. The third-order valence-corrected chi connectivity index (χ3v) is 6.11. The van der Waals surface area contributed by atoms with E-state index in [1.54, 1.807) is 7.11 Å². The van der Waals surface area contributed by atoms with E-state index in [-0.39, 0.29) is 11.8 Å². The number of methoxy groups -OCH3 is 1. The minimum atomic E-state index is -0.0345. The number of likely N-dealkylation sites (N-methyl/N-ethyl adjacent to an activating group) is 1. The van der Waals surface area contributed by atoms with Crippen LogP contribution in [0.5, 0.6) is 5.75 Å². The summed E-state index contributed by atoms with van der Waals surface area (Å²) >= 11 is 0. The van der Waals surface area contributed by atoms with Crippen LogP contribution in [0.1, 0.15) is 34.2 Å². The molecule has 0 saturated carbocycles. The molecule has 2 amide bonds. The molecule has 1 fully saturated rings. The number of ether oxygens (including phenoxy) is 1. The van der Waals surface area contributed by atoms with Gasteiger partial charge in [-0.15, -0.1) is 0 Å². The van der Waals surface area contributed by atoms with E-state index < -0.39 is 0 Å². The van der Waals surface area contributed by atoms with Crippen LogP contribution in [0, 0.1) is 0 Å². The van der Waals surface area contributed by atoms with Gasteiger partial charge in [-0.05, 0) is 24.2 Å². The molecule has 0 spiro atoms. The Labute approximate surface area is 176 Å². The number of hydrogen-bond acceptors (Lipinski definition) is 5. The number of hydrogen-bond donors (Lipinski definition) is 1. The Morgan fingerprint density at radius 1 is 1.07 bits per heavy atom. The topological polar surface area (TPSA) is 81.8 Å². The summed E-state index contributed by atoms with van der Waals surface area (Å²) in [4.78, 5) is 32.0. The second-order valence-electron chi connectivity index (χ2n) is 7.85. The lowest BCUT2D eigenvalue weighted by Gasteiger charge is -2.34. The summed E-state index contributed by atoms with van der Waals surface area (Å²) in [5, 5.41) is 7.36. The zero-order chi connectivity index (χ0) is 21.1. The third-order valence-electron chi connectivity index (χ3n) is 6.11. The van der Waals surface area contributed by atoms with E-state index in [9.17, 15) is 9.59 Å². The largest absolute Gasteiger partial charge is 0.497 e. The average molecular weight is 412 g/mol. The van der Waals surface area contributed by atoms with Crippen LogP contribution in [0.3, 0.4) is 0 Å². The Balaban J connectivity index is 1.42. The van der Waals surface area contributed by atoms with Crippen molar-refractivity contribution in [2.24, 2.45) is 0 Å². The quantitative estimate of drug-likeness (QED) is 0.803. The molecule has 2 aliphatic heterocycles. The summed E-state index contributed by atoms with van der Waals surface area (Å²) in [5.41, 5.74) is 3.26. The predicted octanol–water partition coefficient (Wildman–Crippen LogP) is 1.32. The number of nitrogens with zero attached hydrogens (tertiary/aromatic N) is 4. The predicted molar refractivity (Wildman–Crippen MR) is 112 cm³/mol. The molecule has 3 heterocycles. The van der Waals surface area contributed by atoms with Crippen molar-refractivity contribution >= 4 is 11.8 Å². The highest BCUT2D eigenvalue weighted by Gasteiger charge is 2.31. The fraction of sp³-hybridized carbons (Fsp3) is 0.500. The Morgan fingerprint density at radius 2 is 1.80 bits per heavy atom. The van der Waals surface area contributed by atoms with E-state index in [1.807, 2.05) is 34.1 Å². The molecule has 0 bridgehead atoms. The van der Waals surface area contributed by atoms with Crippen molar-refractivity contribution in [1.82, 2.24) is 24.9 Å². The van der Waals surface area contributed by atoms with Gasteiger partial charge in [-0.25, -0.2) is 0 Å². The van der Waals surface area contributed by atoms with Crippen LogP contribution in [0.15, 0.2) is 24.3 Å². The molecular formula is C22H29N5O3. The molecule has 2 aromatic rings. The van der Waals surface area contributed by atoms with Gasteiger partial charge in [0.25, 0.3) is 5.91 Å². The zero-order valence-electron chi connectivity index (χ0n) is 17.7. The first-order valence-electron chi connectivity index (χ1n) is 10.6. The van der Waals surface area contributed by atoms with Gasteiger partial charge in [-0.2, -0.15) is 5.10 Å². The van der Waals surface area contributed by atoms with Crippen LogP contribution in [-0.2, 0) is 24.2 Å². The number of H-pyrrole nitrogens is 1. The van der Waals surface area contributed by atoms with Gasteiger partial charge < -0.3 is 19.4 Å². The Bertz CT molecular complexity index is 900. The van der Waals surface area contributed by atoms with Gasteiger partial charge >= 0.3 is 0 Å².